The first kappa shape index (κ1) is 12.8. The molecule has 2 nitrogen and oxygen atoms in total. The molecule has 1 rings (SSSR count). The van der Waals surface area contributed by atoms with Crippen LogP contribution in [0.25, 0.3) is 0 Å². The second-order valence-electron chi connectivity index (χ2n) is 4.10. The van der Waals surface area contributed by atoms with Crippen LogP contribution in [0.4, 0.5) is 0 Å². The van der Waals surface area contributed by atoms with Gasteiger partial charge in [0.2, 0.25) is 0 Å². The van der Waals surface area contributed by atoms with E-state index < -0.39 is 0 Å². The number of rotatable bonds is 6. The monoisotopic (exact) mass is 220 g/mol. The zero-order chi connectivity index (χ0) is 12.0. The summed E-state index contributed by atoms with van der Waals surface area (Å²) in [6.45, 7) is 3.75. The first-order valence-corrected chi connectivity index (χ1v) is 5.80. The molecule has 0 amide bonds. The molecule has 0 bridgehead atoms. The molecule has 0 spiro atoms. The molecule has 2 heteroatoms. The van der Waals surface area contributed by atoms with Gasteiger partial charge in [0.1, 0.15) is 11.5 Å². The van der Waals surface area contributed by atoms with Crippen LogP contribution in [-0.2, 0) is 11.2 Å². The molecule has 0 fully saturated rings. The maximum absolute atomic E-state index is 11.3. The van der Waals surface area contributed by atoms with Gasteiger partial charge in [-0.25, -0.2) is 0 Å². The highest BCUT2D eigenvalue weighted by Gasteiger charge is 2.11. The molecule has 0 saturated heterocycles. The van der Waals surface area contributed by atoms with E-state index in [4.69, 9.17) is 4.74 Å². The van der Waals surface area contributed by atoms with E-state index in [2.05, 4.69) is 19.1 Å². The minimum atomic E-state index is 0.210. The predicted octanol–water partition coefficient (Wildman–Crippen LogP) is 3.24. The van der Waals surface area contributed by atoms with E-state index in [1.807, 2.05) is 12.1 Å². The first-order valence-electron chi connectivity index (χ1n) is 5.80. The smallest absolute Gasteiger partial charge is 0.132 e. The number of hydrogen-bond donors (Lipinski definition) is 0. The molecule has 1 unspecified atom stereocenters. The number of carbonyl (C=O) groups excluding carboxylic acids is 1. The largest absolute Gasteiger partial charge is 0.497 e. The Balaban J connectivity index is 2.50. The quantitative estimate of drug-likeness (QED) is 0.735. The minimum Gasteiger partial charge on any atom is -0.497 e. The molecule has 0 aliphatic carbocycles. The van der Waals surface area contributed by atoms with Gasteiger partial charge < -0.3 is 4.74 Å². The van der Waals surface area contributed by atoms with E-state index in [0.29, 0.717) is 5.78 Å². The fourth-order valence-electron chi connectivity index (χ4n) is 1.83. The van der Waals surface area contributed by atoms with Crippen molar-refractivity contribution in [3.63, 3.8) is 0 Å². The van der Waals surface area contributed by atoms with Gasteiger partial charge >= 0.3 is 0 Å². The maximum Gasteiger partial charge on any atom is 0.132 e. The van der Waals surface area contributed by atoms with Crippen molar-refractivity contribution in [2.24, 2.45) is 5.92 Å². The van der Waals surface area contributed by atoms with Crippen molar-refractivity contribution in [3.8, 4) is 5.75 Å². The molecule has 0 aliphatic rings. The summed E-state index contributed by atoms with van der Waals surface area (Å²) in [5, 5.41) is 0. The van der Waals surface area contributed by atoms with Gasteiger partial charge in [-0.05, 0) is 43.9 Å². The van der Waals surface area contributed by atoms with Crippen LogP contribution in [-0.4, -0.2) is 12.9 Å². The molecule has 0 radical (unpaired) electrons. The fraction of sp³-hybridized carbons (Fsp3) is 0.500. The number of hydrogen-bond acceptors (Lipinski definition) is 2. The Morgan fingerprint density at radius 1 is 1.31 bits per heavy atom. The van der Waals surface area contributed by atoms with Crippen LogP contribution < -0.4 is 4.74 Å². The lowest BCUT2D eigenvalue weighted by atomic mass is 9.94. The van der Waals surface area contributed by atoms with Crippen molar-refractivity contribution in [1.82, 2.24) is 0 Å². The molecule has 16 heavy (non-hydrogen) atoms. The van der Waals surface area contributed by atoms with Crippen molar-refractivity contribution in [1.29, 1.82) is 0 Å². The number of aryl methyl sites for hydroxylation is 1. The fourth-order valence-corrected chi connectivity index (χ4v) is 1.83. The topological polar surface area (TPSA) is 26.3 Å². The SMILES string of the molecule is CCC(CCc1ccc(OC)cc1)C(C)=O. The number of benzene rings is 1. The maximum atomic E-state index is 11.3. The molecule has 0 aliphatic heterocycles. The molecular formula is C14H20O2. The Morgan fingerprint density at radius 2 is 1.94 bits per heavy atom. The van der Waals surface area contributed by atoms with Gasteiger partial charge in [0, 0.05) is 5.92 Å². The highest BCUT2D eigenvalue weighted by atomic mass is 16.5. The van der Waals surface area contributed by atoms with E-state index in [0.717, 1.165) is 25.0 Å². The van der Waals surface area contributed by atoms with Gasteiger partial charge in [0.25, 0.3) is 0 Å². The summed E-state index contributed by atoms with van der Waals surface area (Å²) in [6.07, 6.45) is 2.84. The average molecular weight is 220 g/mol. The summed E-state index contributed by atoms with van der Waals surface area (Å²) in [6, 6.07) is 8.05. The molecule has 0 N–H and O–H groups in total. The number of Topliss-reactive ketones (excluding diaryl/α,β-unsaturated/α-hetero) is 1. The second kappa shape index (κ2) is 6.31. The molecule has 1 aromatic rings. The third kappa shape index (κ3) is 3.69. The first-order chi connectivity index (χ1) is 7.67. The normalized spacial score (nSPS) is 12.2. The summed E-state index contributed by atoms with van der Waals surface area (Å²) in [4.78, 5) is 11.3. The Morgan fingerprint density at radius 3 is 2.38 bits per heavy atom. The number of ketones is 1. The van der Waals surface area contributed by atoms with Crippen molar-refractivity contribution < 1.29 is 9.53 Å². The summed E-state index contributed by atoms with van der Waals surface area (Å²) < 4.78 is 5.10. The van der Waals surface area contributed by atoms with E-state index in [1.165, 1.54) is 5.56 Å². The van der Waals surface area contributed by atoms with Crippen molar-refractivity contribution >= 4 is 5.78 Å². The molecular weight excluding hydrogens is 200 g/mol. The molecule has 88 valence electrons. The summed E-state index contributed by atoms with van der Waals surface area (Å²) >= 11 is 0. The lowest BCUT2D eigenvalue weighted by Gasteiger charge is -2.10. The van der Waals surface area contributed by atoms with Gasteiger partial charge in [0.15, 0.2) is 0 Å². The van der Waals surface area contributed by atoms with Crippen LogP contribution in [0.5, 0.6) is 5.75 Å². The Kier molecular flexibility index (Phi) is 5.03. The van der Waals surface area contributed by atoms with E-state index in [9.17, 15) is 4.79 Å². The van der Waals surface area contributed by atoms with Crippen LogP contribution in [0, 0.1) is 5.92 Å². The zero-order valence-corrected chi connectivity index (χ0v) is 10.3. The molecule has 0 saturated carbocycles. The molecule has 0 aromatic heterocycles. The van der Waals surface area contributed by atoms with E-state index in [-0.39, 0.29) is 5.92 Å². The van der Waals surface area contributed by atoms with Crippen LogP contribution in [0.1, 0.15) is 32.3 Å². The highest BCUT2D eigenvalue weighted by Crippen LogP contribution is 2.16. The van der Waals surface area contributed by atoms with E-state index >= 15 is 0 Å². The number of carbonyl (C=O) groups is 1. The minimum absolute atomic E-state index is 0.210. The summed E-state index contributed by atoms with van der Waals surface area (Å²) in [7, 11) is 1.66. The van der Waals surface area contributed by atoms with Crippen molar-refractivity contribution in [2.75, 3.05) is 7.11 Å². The van der Waals surface area contributed by atoms with Gasteiger partial charge in [-0.3, -0.25) is 4.79 Å². The lowest BCUT2D eigenvalue weighted by Crippen LogP contribution is -2.10. The van der Waals surface area contributed by atoms with Crippen molar-refractivity contribution in [2.45, 2.75) is 33.1 Å². The standard InChI is InChI=1S/C14H20O2/c1-4-13(11(2)15)8-5-12-6-9-14(16-3)10-7-12/h6-7,9-10,13H,4-5,8H2,1-3H3. The Hall–Kier alpha value is -1.31. The van der Waals surface area contributed by atoms with Crippen LogP contribution >= 0.6 is 0 Å². The predicted molar refractivity (Wildman–Crippen MR) is 65.8 cm³/mol. The van der Waals surface area contributed by atoms with Gasteiger partial charge in [-0.2, -0.15) is 0 Å². The van der Waals surface area contributed by atoms with Gasteiger partial charge in [0.05, 0.1) is 7.11 Å². The van der Waals surface area contributed by atoms with Gasteiger partial charge in [-0.1, -0.05) is 19.1 Å². The molecule has 1 aromatic carbocycles. The average Bonchev–Trinajstić information content (AvgIpc) is 2.30. The summed E-state index contributed by atoms with van der Waals surface area (Å²) in [5.74, 6) is 1.39. The van der Waals surface area contributed by atoms with Crippen LogP contribution in [0.3, 0.4) is 0 Å². The molecule has 1 atom stereocenters. The number of methoxy groups -OCH3 is 1. The zero-order valence-electron chi connectivity index (χ0n) is 10.3. The second-order valence-corrected chi connectivity index (χ2v) is 4.10. The Labute approximate surface area is 97.6 Å². The highest BCUT2D eigenvalue weighted by molar-refractivity contribution is 5.78. The van der Waals surface area contributed by atoms with Crippen LogP contribution in [0.15, 0.2) is 24.3 Å². The lowest BCUT2D eigenvalue weighted by molar-refractivity contribution is -0.121. The van der Waals surface area contributed by atoms with E-state index in [1.54, 1.807) is 14.0 Å². The molecule has 0 heterocycles. The van der Waals surface area contributed by atoms with Gasteiger partial charge in [-0.15, -0.1) is 0 Å². The van der Waals surface area contributed by atoms with Crippen LogP contribution in [0.2, 0.25) is 0 Å². The number of ether oxygens (including phenoxy) is 1. The Bertz CT molecular complexity index is 327. The summed E-state index contributed by atoms with van der Waals surface area (Å²) in [5.41, 5.74) is 1.26. The third-order valence-corrected chi connectivity index (χ3v) is 3.01. The third-order valence-electron chi connectivity index (χ3n) is 3.01. The van der Waals surface area contributed by atoms with Crippen molar-refractivity contribution in [3.05, 3.63) is 29.8 Å².